The van der Waals surface area contributed by atoms with Gasteiger partial charge in [-0.15, -0.1) is 0 Å². The van der Waals surface area contributed by atoms with Crippen LogP contribution in [-0.2, 0) is 4.79 Å². The van der Waals surface area contributed by atoms with E-state index in [4.69, 9.17) is 5.11 Å². The lowest BCUT2D eigenvalue weighted by Crippen LogP contribution is -2.15. The highest BCUT2D eigenvalue weighted by Crippen LogP contribution is 2.19. The molecule has 0 saturated carbocycles. The average molecular weight is 267 g/mol. The first kappa shape index (κ1) is 12.4. The fourth-order valence-corrected chi connectivity index (χ4v) is 2.06. The quantitative estimate of drug-likeness (QED) is 0.762. The first-order valence-corrected chi connectivity index (χ1v) is 6.22. The van der Waals surface area contributed by atoms with Crippen molar-refractivity contribution in [1.29, 1.82) is 0 Å². The van der Waals surface area contributed by atoms with Crippen LogP contribution in [0.3, 0.4) is 0 Å². The summed E-state index contributed by atoms with van der Waals surface area (Å²) >= 11 is 0. The molecular formula is C15H13N3O2. The maximum Gasteiger partial charge on any atom is 0.250 e. The van der Waals surface area contributed by atoms with Crippen LogP contribution in [0.2, 0.25) is 0 Å². The monoisotopic (exact) mass is 267 g/mol. The molecule has 0 saturated heterocycles. The van der Waals surface area contributed by atoms with E-state index in [1.54, 1.807) is 12.1 Å². The third-order valence-corrected chi connectivity index (χ3v) is 3.02. The molecule has 3 rings (SSSR count). The highest BCUT2D eigenvalue weighted by molar-refractivity contribution is 5.91. The van der Waals surface area contributed by atoms with Crippen molar-refractivity contribution in [2.45, 2.75) is 0 Å². The molecule has 5 nitrogen and oxygen atoms in total. The molecule has 0 aliphatic rings. The average Bonchev–Trinajstić information content (AvgIpc) is 2.92. The van der Waals surface area contributed by atoms with E-state index in [1.165, 1.54) is 0 Å². The van der Waals surface area contributed by atoms with Gasteiger partial charge in [-0.05, 0) is 30.3 Å². The highest BCUT2D eigenvalue weighted by Gasteiger charge is 2.05. The number of nitrogens with one attached hydrogen (secondary N) is 1. The number of rotatable bonds is 3. The molecule has 0 radical (unpaired) electrons. The van der Waals surface area contributed by atoms with Gasteiger partial charge in [-0.3, -0.25) is 4.79 Å². The van der Waals surface area contributed by atoms with Gasteiger partial charge < -0.3 is 10.4 Å². The Kier molecular flexibility index (Phi) is 3.18. The van der Waals surface area contributed by atoms with E-state index >= 15 is 0 Å². The molecule has 0 spiro atoms. The van der Waals surface area contributed by atoms with Crippen molar-refractivity contribution in [3.8, 4) is 5.69 Å². The lowest BCUT2D eigenvalue weighted by molar-refractivity contribution is -0.118. The topological polar surface area (TPSA) is 67.2 Å². The molecule has 20 heavy (non-hydrogen) atoms. The Morgan fingerprint density at radius 3 is 2.65 bits per heavy atom. The molecule has 2 N–H and O–H groups in total. The van der Waals surface area contributed by atoms with Gasteiger partial charge in [-0.1, -0.05) is 18.2 Å². The number of anilines is 1. The summed E-state index contributed by atoms with van der Waals surface area (Å²) in [5, 5.41) is 16.7. The smallest absolute Gasteiger partial charge is 0.250 e. The molecule has 0 aliphatic carbocycles. The van der Waals surface area contributed by atoms with Gasteiger partial charge in [0.1, 0.15) is 6.61 Å². The van der Waals surface area contributed by atoms with Crippen LogP contribution in [0.1, 0.15) is 0 Å². The van der Waals surface area contributed by atoms with Gasteiger partial charge in [0, 0.05) is 11.1 Å². The van der Waals surface area contributed by atoms with Crippen LogP contribution in [0.4, 0.5) is 5.69 Å². The Bertz CT molecular complexity index is 747. The lowest BCUT2D eigenvalue weighted by atomic mass is 10.2. The van der Waals surface area contributed by atoms with E-state index in [0.29, 0.717) is 5.69 Å². The van der Waals surface area contributed by atoms with E-state index in [0.717, 1.165) is 16.6 Å². The Labute approximate surface area is 115 Å². The molecule has 1 amide bonds. The number of aliphatic hydroxyl groups excluding tert-OH is 1. The number of carbonyl (C=O) groups excluding carboxylic acids is 1. The van der Waals surface area contributed by atoms with Crippen LogP contribution in [0.25, 0.3) is 16.6 Å². The number of para-hydroxylation sites is 1. The highest BCUT2D eigenvalue weighted by atomic mass is 16.3. The molecule has 1 heterocycles. The predicted molar refractivity (Wildman–Crippen MR) is 76.8 cm³/mol. The molecule has 5 heteroatoms. The summed E-state index contributed by atoms with van der Waals surface area (Å²) in [5.41, 5.74) is 2.58. The summed E-state index contributed by atoms with van der Waals surface area (Å²) in [6, 6.07) is 15.2. The van der Waals surface area contributed by atoms with Gasteiger partial charge in [0.15, 0.2) is 0 Å². The Hall–Kier alpha value is -2.66. The summed E-state index contributed by atoms with van der Waals surface area (Å²) in [6.45, 7) is -0.522. The van der Waals surface area contributed by atoms with Gasteiger partial charge in [0.05, 0.1) is 17.4 Å². The molecule has 0 atom stereocenters. The zero-order chi connectivity index (χ0) is 13.9. The molecule has 0 aliphatic heterocycles. The minimum absolute atomic E-state index is 0.428. The number of hydrogen-bond acceptors (Lipinski definition) is 3. The SMILES string of the molecule is O=C(CO)Nc1ccc(-n2ncc3ccccc32)cc1. The zero-order valence-corrected chi connectivity index (χ0v) is 10.7. The van der Waals surface area contributed by atoms with Crippen molar-refractivity contribution in [1.82, 2.24) is 9.78 Å². The van der Waals surface area contributed by atoms with Crippen molar-refractivity contribution in [3.63, 3.8) is 0 Å². The number of amides is 1. The minimum Gasteiger partial charge on any atom is -0.387 e. The number of carbonyl (C=O) groups is 1. The lowest BCUT2D eigenvalue weighted by Gasteiger charge is -2.06. The number of benzene rings is 2. The molecule has 2 aromatic carbocycles. The summed E-state index contributed by atoms with van der Waals surface area (Å²) in [4.78, 5) is 11.1. The number of fused-ring (bicyclic) bond motifs is 1. The van der Waals surface area contributed by atoms with Gasteiger partial charge in [0.2, 0.25) is 5.91 Å². The number of hydrogen-bond donors (Lipinski definition) is 2. The van der Waals surface area contributed by atoms with E-state index in [2.05, 4.69) is 10.4 Å². The molecule has 0 fully saturated rings. The first-order valence-electron chi connectivity index (χ1n) is 6.22. The number of nitrogens with zero attached hydrogens (tertiary/aromatic N) is 2. The summed E-state index contributed by atoms with van der Waals surface area (Å²) in [5.74, 6) is -0.428. The molecule has 100 valence electrons. The van der Waals surface area contributed by atoms with Gasteiger partial charge >= 0.3 is 0 Å². The van der Waals surface area contributed by atoms with Crippen molar-refractivity contribution in [3.05, 3.63) is 54.7 Å². The molecular weight excluding hydrogens is 254 g/mol. The largest absolute Gasteiger partial charge is 0.387 e. The van der Waals surface area contributed by atoms with Crippen LogP contribution >= 0.6 is 0 Å². The van der Waals surface area contributed by atoms with E-state index < -0.39 is 12.5 Å². The number of aromatic nitrogens is 2. The number of aliphatic hydroxyl groups is 1. The second-order valence-electron chi connectivity index (χ2n) is 4.37. The van der Waals surface area contributed by atoms with Crippen molar-refractivity contribution >= 4 is 22.5 Å². The molecule has 0 unspecified atom stereocenters. The molecule has 3 aromatic rings. The second kappa shape index (κ2) is 5.14. The van der Waals surface area contributed by atoms with E-state index in [9.17, 15) is 4.79 Å². The van der Waals surface area contributed by atoms with Crippen LogP contribution in [0.5, 0.6) is 0 Å². The van der Waals surface area contributed by atoms with Crippen molar-refractivity contribution in [2.24, 2.45) is 0 Å². The van der Waals surface area contributed by atoms with Crippen molar-refractivity contribution < 1.29 is 9.90 Å². The van der Waals surface area contributed by atoms with Gasteiger partial charge in [-0.25, -0.2) is 4.68 Å². The van der Waals surface area contributed by atoms with Crippen molar-refractivity contribution in [2.75, 3.05) is 11.9 Å². The Balaban J connectivity index is 1.93. The third-order valence-electron chi connectivity index (χ3n) is 3.02. The maximum absolute atomic E-state index is 11.1. The predicted octanol–water partition coefficient (Wildman–Crippen LogP) is 1.96. The molecule has 1 aromatic heterocycles. The standard InChI is InChI=1S/C15H13N3O2/c19-10-15(20)17-12-5-7-13(8-6-12)18-14-4-2-1-3-11(14)9-16-18/h1-9,19H,10H2,(H,17,20). The van der Waals surface area contributed by atoms with E-state index in [1.807, 2.05) is 47.3 Å². The van der Waals surface area contributed by atoms with Crippen LogP contribution in [0, 0.1) is 0 Å². The normalized spacial score (nSPS) is 10.7. The maximum atomic E-state index is 11.1. The van der Waals surface area contributed by atoms with E-state index in [-0.39, 0.29) is 0 Å². The van der Waals surface area contributed by atoms with Gasteiger partial charge in [0.25, 0.3) is 0 Å². The summed E-state index contributed by atoms with van der Waals surface area (Å²) in [6.07, 6.45) is 1.82. The van der Waals surface area contributed by atoms with Crippen LogP contribution in [0.15, 0.2) is 54.7 Å². The second-order valence-corrected chi connectivity index (χ2v) is 4.37. The minimum atomic E-state index is -0.522. The van der Waals surface area contributed by atoms with Gasteiger partial charge in [-0.2, -0.15) is 5.10 Å². The zero-order valence-electron chi connectivity index (χ0n) is 10.7. The van der Waals surface area contributed by atoms with Crippen LogP contribution in [-0.4, -0.2) is 27.4 Å². The van der Waals surface area contributed by atoms with Crippen LogP contribution < -0.4 is 5.32 Å². The fraction of sp³-hybridized carbons (Fsp3) is 0.0667. The fourth-order valence-electron chi connectivity index (χ4n) is 2.06. The first-order chi connectivity index (χ1) is 9.78. The summed E-state index contributed by atoms with van der Waals surface area (Å²) in [7, 11) is 0. The third kappa shape index (κ3) is 2.26. The molecule has 0 bridgehead atoms. The Morgan fingerprint density at radius 2 is 1.90 bits per heavy atom. The summed E-state index contributed by atoms with van der Waals surface area (Å²) < 4.78 is 1.84. The Morgan fingerprint density at radius 1 is 1.15 bits per heavy atom.